The zero-order chi connectivity index (χ0) is 10.8. The minimum absolute atomic E-state index is 0.689. The quantitative estimate of drug-likeness (QED) is 0.839. The Balaban J connectivity index is 2.45. The molecule has 0 radical (unpaired) electrons. The van der Waals surface area contributed by atoms with Gasteiger partial charge in [0.25, 0.3) is 0 Å². The first-order valence-corrected chi connectivity index (χ1v) is 6.09. The van der Waals surface area contributed by atoms with E-state index in [0.717, 1.165) is 23.7 Å². The topological polar surface area (TPSA) is 46.5 Å². The van der Waals surface area contributed by atoms with Gasteiger partial charge in [-0.25, -0.2) is 0 Å². The van der Waals surface area contributed by atoms with Gasteiger partial charge in [0.1, 0.15) is 5.69 Å². The molecule has 0 aliphatic carbocycles. The van der Waals surface area contributed by atoms with Crippen LogP contribution < -0.4 is 0 Å². The van der Waals surface area contributed by atoms with E-state index in [1.165, 1.54) is 17.0 Å². The molecule has 0 aromatic carbocycles. The second-order valence-electron chi connectivity index (χ2n) is 3.11. The molecule has 2 heterocycles. The van der Waals surface area contributed by atoms with E-state index in [0.29, 0.717) is 3.95 Å². The predicted molar refractivity (Wildman–Crippen MR) is 63.6 cm³/mol. The van der Waals surface area contributed by atoms with Crippen molar-refractivity contribution in [3.63, 3.8) is 0 Å². The summed E-state index contributed by atoms with van der Waals surface area (Å²) in [5.41, 5.74) is 2.14. The van der Waals surface area contributed by atoms with Gasteiger partial charge in [0.15, 0.2) is 8.96 Å². The van der Waals surface area contributed by atoms with Crippen LogP contribution in [-0.2, 0) is 13.0 Å². The number of H-pyrrole nitrogens is 1. The van der Waals surface area contributed by atoms with Gasteiger partial charge in [-0.3, -0.25) is 9.78 Å². The predicted octanol–water partition coefficient (Wildman–Crippen LogP) is 2.65. The Morgan fingerprint density at radius 2 is 2.33 bits per heavy atom. The van der Waals surface area contributed by atoms with Crippen molar-refractivity contribution < 1.29 is 0 Å². The minimum atomic E-state index is 0.689. The number of hydrogen-bond acceptors (Lipinski definition) is 4. The highest BCUT2D eigenvalue weighted by Crippen LogP contribution is 2.21. The normalized spacial score (nSPS) is 10.8. The fourth-order valence-electron chi connectivity index (χ4n) is 1.46. The number of hydrogen-bond donors (Lipinski definition) is 1. The van der Waals surface area contributed by atoms with Crippen molar-refractivity contribution in [3.05, 3.63) is 15.7 Å². The molecule has 0 spiro atoms. The molecule has 0 unspecified atom stereocenters. The van der Waals surface area contributed by atoms with Crippen molar-refractivity contribution in [1.29, 1.82) is 0 Å². The number of rotatable bonds is 3. The molecule has 0 fully saturated rings. The molecule has 0 aliphatic rings. The van der Waals surface area contributed by atoms with Gasteiger partial charge >= 0.3 is 0 Å². The molecule has 0 amide bonds. The van der Waals surface area contributed by atoms with E-state index in [1.807, 2.05) is 4.68 Å². The maximum Gasteiger partial charge on any atom is 0.176 e. The van der Waals surface area contributed by atoms with E-state index in [-0.39, 0.29) is 0 Å². The van der Waals surface area contributed by atoms with Crippen molar-refractivity contribution in [2.75, 3.05) is 0 Å². The Hall–Kier alpha value is -1.01. The molecular weight excluding hydrogens is 228 g/mol. The van der Waals surface area contributed by atoms with Crippen LogP contribution in [0.15, 0.2) is 6.07 Å². The molecule has 80 valence electrons. The molecule has 0 saturated heterocycles. The monoisotopic (exact) mass is 240 g/mol. The summed E-state index contributed by atoms with van der Waals surface area (Å²) in [7, 11) is 0. The summed E-state index contributed by atoms with van der Waals surface area (Å²) in [5.74, 6) is 0. The van der Waals surface area contributed by atoms with E-state index in [2.05, 4.69) is 35.2 Å². The molecule has 2 aromatic heterocycles. The zero-order valence-electron chi connectivity index (χ0n) is 8.65. The Morgan fingerprint density at radius 3 is 2.80 bits per heavy atom. The maximum atomic E-state index is 5.00. The number of nitrogens with zero attached hydrogens (tertiary/aromatic N) is 3. The number of aromatic amines is 1. The van der Waals surface area contributed by atoms with E-state index in [9.17, 15) is 0 Å². The summed E-state index contributed by atoms with van der Waals surface area (Å²) in [6.45, 7) is 5.10. The first kappa shape index (κ1) is 10.5. The average Bonchev–Trinajstić information content (AvgIpc) is 2.82. The summed E-state index contributed by atoms with van der Waals surface area (Å²) in [5, 5.41) is 12.2. The Bertz CT molecular complexity index is 487. The molecule has 4 nitrogen and oxygen atoms in total. The molecule has 0 atom stereocenters. The van der Waals surface area contributed by atoms with Crippen LogP contribution in [0.1, 0.15) is 19.5 Å². The van der Waals surface area contributed by atoms with E-state index >= 15 is 0 Å². The van der Waals surface area contributed by atoms with Gasteiger partial charge in [-0.1, -0.05) is 18.3 Å². The fourth-order valence-corrected chi connectivity index (χ4v) is 2.30. The molecule has 0 bridgehead atoms. The van der Waals surface area contributed by atoms with Crippen LogP contribution in [-0.4, -0.2) is 20.0 Å². The van der Waals surface area contributed by atoms with Gasteiger partial charge in [0.05, 0.1) is 0 Å². The van der Waals surface area contributed by atoms with Gasteiger partial charge in [-0.15, -0.1) is 0 Å². The zero-order valence-corrected chi connectivity index (χ0v) is 10.3. The van der Waals surface area contributed by atoms with E-state index < -0.39 is 0 Å². The van der Waals surface area contributed by atoms with Crippen molar-refractivity contribution in [2.24, 2.45) is 0 Å². The summed E-state index contributed by atoms with van der Waals surface area (Å²) >= 11 is 6.45. The average molecular weight is 240 g/mol. The molecule has 1 N–H and O–H groups in total. The van der Waals surface area contributed by atoms with E-state index in [1.54, 1.807) is 0 Å². The largest absolute Gasteiger partial charge is 0.269 e. The van der Waals surface area contributed by atoms with Crippen LogP contribution in [0.5, 0.6) is 0 Å². The molecular formula is C9H12N4S2. The van der Waals surface area contributed by atoms with Gasteiger partial charge in [0, 0.05) is 12.2 Å². The minimum Gasteiger partial charge on any atom is -0.269 e. The smallest absolute Gasteiger partial charge is 0.176 e. The van der Waals surface area contributed by atoms with Crippen LogP contribution >= 0.6 is 23.6 Å². The second kappa shape index (κ2) is 4.24. The lowest BCUT2D eigenvalue weighted by molar-refractivity contribution is 0.627. The standard InChI is InChI=1S/C9H12N4S2/c1-3-6-5-7(12-13(6)4-2)8-10-11-9(14)15-8/h5H,3-4H2,1-2H3,(H,11,14). The molecule has 15 heavy (non-hydrogen) atoms. The highest BCUT2D eigenvalue weighted by Gasteiger charge is 2.09. The van der Waals surface area contributed by atoms with Crippen LogP contribution in [0.2, 0.25) is 0 Å². The van der Waals surface area contributed by atoms with Crippen molar-refractivity contribution in [3.8, 4) is 10.7 Å². The van der Waals surface area contributed by atoms with Gasteiger partial charge in [-0.05, 0) is 31.6 Å². The third-order valence-electron chi connectivity index (χ3n) is 2.18. The highest BCUT2D eigenvalue weighted by atomic mass is 32.1. The molecule has 2 aromatic rings. The second-order valence-corrected chi connectivity index (χ2v) is 4.77. The van der Waals surface area contributed by atoms with Crippen molar-refractivity contribution in [2.45, 2.75) is 26.8 Å². The lowest BCUT2D eigenvalue weighted by atomic mass is 10.3. The third kappa shape index (κ3) is 2.00. The van der Waals surface area contributed by atoms with E-state index in [4.69, 9.17) is 12.2 Å². The summed E-state index contributed by atoms with van der Waals surface area (Å²) in [6, 6.07) is 2.07. The third-order valence-corrected chi connectivity index (χ3v) is 3.29. The van der Waals surface area contributed by atoms with Gasteiger partial charge in [0.2, 0.25) is 0 Å². The molecule has 6 heteroatoms. The molecule has 2 rings (SSSR count). The Kier molecular flexibility index (Phi) is 2.97. The summed E-state index contributed by atoms with van der Waals surface area (Å²) in [4.78, 5) is 0. The van der Waals surface area contributed by atoms with Crippen molar-refractivity contribution >= 4 is 23.6 Å². The Morgan fingerprint density at radius 1 is 1.53 bits per heavy atom. The van der Waals surface area contributed by atoms with Crippen LogP contribution in [0.3, 0.4) is 0 Å². The number of aromatic nitrogens is 4. The van der Waals surface area contributed by atoms with Crippen LogP contribution in [0, 0.1) is 3.95 Å². The number of nitrogens with one attached hydrogen (secondary N) is 1. The van der Waals surface area contributed by atoms with Gasteiger partial charge < -0.3 is 0 Å². The highest BCUT2D eigenvalue weighted by molar-refractivity contribution is 7.73. The maximum absolute atomic E-state index is 5.00. The first-order chi connectivity index (χ1) is 7.24. The van der Waals surface area contributed by atoms with Crippen LogP contribution in [0.25, 0.3) is 10.7 Å². The Labute approximate surface area is 97.0 Å². The number of aryl methyl sites for hydroxylation is 2. The first-order valence-electron chi connectivity index (χ1n) is 4.87. The van der Waals surface area contributed by atoms with Gasteiger partial charge in [-0.2, -0.15) is 10.2 Å². The fraction of sp³-hybridized carbons (Fsp3) is 0.444. The SMILES string of the molecule is CCc1cc(-c2n[nH]c(=S)s2)nn1CC. The van der Waals surface area contributed by atoms with Crippen LogP contribution in [0.4, 0.5) is 0 Å². The molecule has 0 aliphatic heterocycles. The lowest BCUT2D eigenvalue weighted by Gasteiger charge is -1.98. The summed E-state index contributed by atoms with van der Waals surface area (Å²) in [6.07, 6.45) is 0.983. The lowest BCUT2D eigenvalue weighted by Crippen LogP contribution is -2.00. The summed E-state index contributed by atoms with van der Waals surface area (Å²) < 4.78 is 2.69. The molecule has 0 saturated carbocycles. The van der Waals surface area contributed by atoms with Crippen molar-refractivity contribution in [1.82, 2.24) is 20.0 Å².